The molecule has 0 bridgehead atoms. The molecular formula is C11H12ClNO4S. The number of carbonyl (C=O) groups excluding carboxylic acids is 1. The van der Waals surface area contributed by atoms with Crippen LogP contribution in [0.25, 0.3) is 0 Å². The zero-order valence-electron chi connectivity index (χ0n) is 9.64. The number of rotatable bonds is 2. The molecule has 0 aliphatic carbocycles. The largest absolute Gasteiger partial charge is 0.492 e. The molecule has 1 aliphatic heterocycles. The van der Waals surface area contributed by atoms with Crippen molar-refractivity contribution < 1.29 is 17.9 Å². The predicted octanol–water partition coefficient (Wildman–Crippen LogP) is 0.967. The van der Waals surface area contributed by atoms with E-state index >= 15 is 0 Å². The van der Waals surface area contributed by atoms with Gasteiger partial charge in [-0.15, -0.1) is 0 Å². The fraction of sp³-hybridized carbons (Fsp3) is 0.364. The molecule has 1 atom stereocenters. The van der Waals surface area contributed by atoms with E-state index in [1.807, 2.05) is 4.72 Å². The maximum absolute atomic E-state index is 11.7. The highest BCUT2D eigenvalue weighted by molar-refractivity contribution is 7.89. The number of nitrogens with one attached hydrogen (secondary N) is 1. The second kappa shape index (κ2) is 4.78. The Morgan fingerprint density at radius 2 is 2.22 bits per heavy atom. The maximum Gasteiger partial charge on any atom is 0.240 e. The SMILES string of the molecule is CS(=O)(=O)NC(=O)C1COc2ccc(Cl)cc2C1. The van der Waals surface area contributed by atoms with Crippen LogP contribution in [0.1, 0.15) is 5.56 Å². The standard InChI is InChI=1S/C11H12ClNO4S/c1-18(15,16)13-11(14)8-4-7-5-9(12)2-3-10(7)17-6-8/h2-3,5,8H,4,6H2,1H3,(H,13,14). The lowest BCUT2D eigenvalue weighted by Crippen LogP contribution is -2.39. The number of amides is 1. The summed E-state index contributed by atoms with van der Waals surface area (Å²) >= 11 is 5.86. The number of benzene rings is 1. The minimum atomic E-state index is -3.54. The van der Waals surface area contributed by atoms with Crippen molar-refractivity contribution in [1.82, 2.24) is 4.72 Å². The van der Waals surface area contributed by atoms with Gasteiger partial charge in [-0.25, -0.2) is 8.42 Å². The fourth-order valence-electron chi connectivity index (χ4n) is 1.80. The second-order valence-electron chi connectivity index (χ2n) is 4.20. The van der Waals surface area contributed by atoms with Crippen LogP contribution >= 0.6 is 11.6 Å². The first-order valence-electron chi connectivity index (χ1n) is 5.28. The maximum atomic E-state index is 11.7. The van der Waals surface area contributed by atoms with Crippen LogP contribution in [0.4, 0.5) is 0 Å². The average molecular weight is 290 g/mol. The zero-order valence-corrected chi connectivity index (χ0v) is 11.2. The van der Waals surface area contributed by atoms with Gasteiger partial charge in [-0.2, -0.15) is 0 Å². The van der Waals surface area contributed by atoms with Gasteiger partial charge >= 0.3 is 0 Å². The molecule has 2 rings (SSSR count). The summed E-state index contributed by atoms with van der Waals surface area (Å²) in [5, 5.41) is 0.557. The van der Waals surface area contributed by atoms with E-state index in [2.05, 4.69) is 0 Å². The van der Waals surface area contributed by atoms with E-state index in [-0.39, 0.29) is 6.61 Å². The number of hydrogen-bond donors (Lipinski definition) is 1. The molecule has 0 aromatic heterocycles. The lowest BCUT2D eigenvalue weighted by atomic mass is 9.96. The van der Waals surface area contributed by atoms with Gasteiger partial charge in [0.2, 0.25) is 15.9 Å². The van der Waals surface area contributed by atoms with Crippen LogP contribution in [-0.2, 0) is 21.2 Å². The van der Waals surface area contributed by atoms with E-state index in [0.29, 0.717) is 17.2 Å². The van der Waals surface area contributed by atoms with E-state index in [4.69, 9.17) is 16.3 Å². The van der Waals surface area contributed by atoms with Crippen molar-refractivity contribution in [3.63, 3.8) is 0 Å². The van der Waals surface area contributed by atoms with Crippen molar-refractivity contribution in [3.05, 3.63) is 28.8 Å². The normalized spacial score (nSPS) is 18.7. The Labute approximate surface area is 110 Å². The van der Waals surface area contributed by atoms with Crippen LogP contribution in [0.2, 0.25) is 5.02 Å². The van der Waals surface area contributed by atoms with E-state index in [0.717, 1.165) is 11.8 Å². The van der Waals surface area contributed by atoms with E-state index in [1.54, 1.807) is 18.2 Å². The molecule has 1 aliphatic rings. The Hall–Kier alpha value is -1.27. The Balaban J connectivity index is 2.14. The molecule has 0 fully saturated rings. The first-order valence-corrected chi connectivity index (χ1v) is 7.55. The van der Waals surface area contributed by atoms with Crippen molar-refractivity contribution in [2.75, 3.05) is 12.9 Å². The van der Waals surface area contributed by atoms with Gasteiger partial charge in [0, 0.05) is 5.02 Å². The highest BCUT2D eigenvalue weighted by Crippen LogP contribution is 2.29. The number of sulfonamides is 1. The third-order valence-corrected chi connectivity index (χ3v) is 3.39. The fourth-order valence-corrected chi connectivity index (χ4v) is 2.52. The molecule has 0 spiro atoms. The van der Waals surface area contributed by atoms with Crippen molar-refractivity contribution >= 4 is 27.5 Å². The summed E-state index contributed by atoms with van der Waals surface area (Å²) in [5.74, 6) is -0.392. The van der Waals surface area contributed by atoms with E-state index in [1.165, 1.54) is 0 Å². The van der Waals surface area contributed by atoms with Crippen LogP contribution < -0.4 is 9.46 Å². The monoisotopic (exact) mass is 289 g/mol. The van der Waals surface area contributed by atoms with E-state index < -0.39 is 21.8 Å². The van der Waals surface area contributed by atoms with Gasteiger partial charge in [-0.05, 0) is 30.2 Å². The minimum absolute atomic E-state index is 0.163. The van der Waals surface area contributed by atoms with Crippen LogP contribution in [-0.4, -0.2) is 27.2 Å². The summed E-state index contributed by atoms with van der Waals surface area (Å²) in [6.45, 7) is 0.163. The molecular weight excluding hydrogens is 278 g/mol. The Morgan fingerprint density at radius 1 is 1.50 bits per heavy atom. The lowest BCUT2D eigenvalue weighted by molar-refractivity contribution is -0.124. The van der Waals surface area contributed by atoms with Crippen molar-refractivity contribution in [2.24, 2.45) is 5.92 Å². The Bertz CT molecular complexity index is 585. The lowest BCUT2D eigenvalue weighted by Gasteiger charge is -2.24. The second-order valence-corrected chi connectivity index (χ2v) is 6.39. The zero-order chi connectivity index (χ0) is 13.3. The smallest absolute Gasteiger partial charge is 0.240 e. The Kier molecular flexibility index (Phi) is 3.49. The summed E-state index contributed by atoms with van der Waals surface area (Å²) < 4.78 is 29.3. The molecule has 98 valence electrons. The minimum Gasteiger partial charge on any atom is -0.492 e. The molecule has 1 aromatic carbocycles. The number of ether oxygens (including phenoxy) is 1. The van der Waals surface area contributed by atoms with Crippen molar-refractivity contribution in [2.45, 2.75) is 6.42 Å². The quantitative estimate of drug-likeness (QED) is 0.880. The summed E-state index contributed by atoms with van der Waals surface area (Å²) in [6, 6.07) is 5.16. The van der Waals surface area contributed by atoms with Crippen LogP contribution in [0.15, 0.2) is 18.2 Å². The molecule has 1 unspecified atom stereocenters. The Morgan fingerprint density at radius 3 is 2.89 bits per heavy atom. The molecule has 7 heteroatoms. The van der Waals surface area contributed by atoms with Crippen molar-refractivity contribution in [3.8, 4) is 5.75 Å². The molecule has 5 nitrogen and oxygen atoms in total. The highest BCUT2D eigenvalue weighted by atomic mass is 35.5. The van der Waals surface area contributed by atoms with Gasteiger partial charge in [-0.3, -0.25) is 9.52 Å². The van der Waals surface area contributed by atoms with Gasteiger partial charge < -0.3 is 4.74 Å². The van der Waals surface area contributed by atoms with E-state index in [9.17, 15) is 13.2 Å². The highest BCUT2D eigenvalue weighted by Gasteiger charge is 2.27. The van der Waals surface area contributed by atoms with Gasteiger partial charge in [0.05, 0.1) is 12.2 Å². The third-order valence-electron chi connectivity index (χ3n) is 2.59. The summed E-state index contributed by atoms with van der Waals surface area (Å²) in [7, 11) is -3.54. The van der Waals surface area contributed by atoms with Crippen molar-refractivity contribution in [1.29, 1.82) is 0 Å². The number of carbonyl (C=O) groups is 1. The van der Waals surface area contributed by atoms with Gasteiger partial charge in [0.1, 0.15) is 12.4 Å². The van der Waals surface area contributed by atoms with Gasteiger partial charge in [0.25, 0.3) is 0 Å². The molecule has 1 N–H and O–H groups in total. The first-order chi connectivity index (χ1) is 8.35. The number of halogens is 1. The van der Waals surface area contributed by atoms with Crippen LogP contribution in [0.3, 0.4) is 0 Å². The summed E-state index contributed by atoms with van der Waals surface area (Å²) in [4.78, 5) is 11.7. The third kappa shape index (κ3) is 3.14. The molecule has 0 saturated carbocycles. The van der Waals surface area contributed by atoms with Crippen LogP contribution in [0.5, 0.6) is 5.75 Å². The summed E-state index contributed by atoms with van der Waals surface area (Å²) in [6.07, 6.45) is 1.36. The first kappa shape index (κ1) is 13.2. The van der Waals surface area contributed by atoms with Gasteiger partial charge in [-0.1, -0.05) is 11.6 Å². The number of fused-ring (bicyclic) bond motifs is 1. The molecule has 0 saturated heterocycles. The molecule has 1 aromatic rings. The summed E-state index contributed by atoms with van der Waals surface area (Å²) in [5.41, 5.74) is 0.808. The molecule has 18 heavy (non-hydrogen) atoms. The number of hydrogen-bond acceptors (Lipinski definition) is 4. The predicted molar refractivity (Wildman–Crippen MR) is 67.1 cm³/mol. The van der Waals surface area contributed by atoms with Gasteiger partial charge in [0.15, 0.2) is 0 Å². The average Bonchev–Trinajstić information content (AvgIpc) is 2.25. The molecule has 1 amide bonds. The van der Waals surface area contributed by atoms with Crippen LogP contribution in [0, 0.1) is 5.92 Å². The molecule has 1 heterocycles. The topological polar surface area (TPSA) is 72.5 Å². The molecule has 0 radical (unpaired) electrons.